The highest BCUT2D eigenvalue weighted by molar-refractivity contribution is 7.99. The molecule has 0 aromatic heterocycles. The maximum atomic E-state index is 10.7. The molecular weight excluding hydrogens is 218 g/mol. The molecule has 3 fully saturated rings. The lowest BCUT2D eigenvalue weighted by molar-refractivity contribution is -0.0662. The summed E-state index contributed by atoms with van der Waals surface area (Å²) in [5, 5.41) is 14.4. The van der Waals surface area contributed by atoms with Crippen molar-refractivity contribution < 1.29 is 5.11 Å². The SMILES string of the molecule is CC1(O)CC2CCC(N2)C1C1CCCSC1. The van der Waals surface area contributed by atoms with Gasteiger partial charge in [0.15, 0.2) is 0 Å². The lowest BCUT2D eigenvalue weighted by Crippen LogP contribution is -2.57. The Kier molecular flexibility index (Phi) is 2.97. The number of piperidine rings is 1. The van der Waals surface area contributed by atoms with E-state index in [0.29, 0.717) is 18.0 Å². The van der Waals surface area contributed by atoms with Crippen LogP contribution in [0.1, 0.15) is 39.0 Å². The zero-order chi connectivity index (χ0) is 11.2. The number of nitrogens with one attached hydrogen (secondary N) is 1. The van der Waals surface area contributed by atoms with Gasteiger partial charge in [0.1, 0.15) is 0 Å². The highest BCUT2D eigenvalue weighted by Crippen LogP contribution is 2.45. The molecule has 0 radical (unpaired) electrons. The predicted molar refractivity (Wildman–Crippen MR) is 68.7 cm³/mol. The van der Waals surface area contributed by atoms with E-state index in [2.05, 4.69) is 24.0 Å². The van der Waals surface area contributed by atoms with E-state index in [9.17, 15) is 5.11 Å². The molecule has 2 N–H and O–H groups in total. The Bertz CT molecular complexity index is 263. The lowest BCUT2D eigenvalue weighted by atomic mass is 9.70. The second kappa shape index (κ2) is 4.18. The van der Waals surface area contributed by atoms with Gasteiger partial charge in [-0.2, -0.15) is 11.8 Å². The van der Waals surface area contributed by atoms with E-state index in [1.807, 2.05) is 0 Å². The van der Waals surface area contributed by atoms with E-state index >= 15 is 0 Å². The highest BCUT2D eigenvalue weighted by atomic mass is 32.2. The molecule has 3 heterocycles. The standard InChI is InChI=1S/C13H23NOS/c1-13(15)7-10-4-5-11(14-10)12(13)9-3-2-6-16-8-9/h9-12,14-15H,2-8H2,1H3. The zero-order valence-electron chi connectivity index (χ0n) is 10.1. The fourth-order valence-corrected chi connectivity index (χ4v) is 5.46. The number of hydrogen-bond acceptors (Lipinski definition) is 3. The summed E-state index contributed by atoms with van der Waals surface area (Å²) in [7, 11) is 0. The van der Waals surface area contributed by atoms with Crippen molar-refractivity contribution in [3.8, 4) is 0 Å². The van der Waals surface area contributed by atoms with Crippen molar-refractivity contribution >= 4 is 11.8 Å². The van der Waals surface area contributed by atoms with Crippen LogP contribution in [0.15, 0.2) is 0 Å². The maximum Gasteiger partial charge on any atom is 0.0680 e. The fraction of sp³-hybridized carbons (Fsp3) is 1.00. The summed E-state index contributed by atoms with van der Waals surface area (Å²) in [4.78, 5) is 0. The third-order valence-electron chi connectivity index (χ3n) is 4.79. The Morgan fingerprint density at radius 3 is 2.94 bits per heavy atom. The minimum atomic E-state index is -0.417. The van der Waals surface area contributed by atoms with Crippen molar-refractivity contribution in [2.75, 3.05) is 11.5 Å². The largest absolute Gasteiger partial charge is 0.390 e. The van der Waals surface area contributed by atoms with Gasteiger partial charge in [-0.25, -0.2) is 0 Å². The minimum absolute atomic E-state index is 0.417. The Morgan fingerprint density at radius 2 is 2.19 bits per heavy atom. The van der Waals surface area contributed by atoms with Crippen LogP contribution in [0.5, 0.6) is 0 Å². The van der Waals surface area contributed by atoms with Gasteiger partial charge in [0.25, 0.3) is 0 Å². The molecule has 2 bridgehead atoms. The van der Waals surface area contributed by atoms with Gasteiger partial charge >= 0.3 is 0 Å². The van der Waals surface area contributed by atoms with Gasteiger partial charge in [-0.05, 0) is 56.5 Å². The summed E-state index contributed by atoms with van der Waals surface area (Å²) in [6.07, 6.45) is 6.20. The van der Waals surface area contributed by atoms with Gasteiger partial charge in [0, 0.05) is 18.0 Å². The van der Waals surface area contributed by atoms with Gasteiger partial charge in [-0.15, -0.1) is 0 Å². The van der Waals surface area contributed by atoms with Crippen LogP contribution in [0.3, 0.4) is 0 Å². The van der Waals surface area contributed by atoms with Crippen molar-refractivity contribution in [1.29, 1.82) is 0 Å². The van der Waals surface area contributed by atoms with E-state index in [1.54, 1.807) is 0 Å². The Hall–Kier alpha value is 0.270. The average molecular weight is 241 g/mol. The van der Waals surface area contributed by atoms with Crippen molar-refractivity contribution in [1.82, 2.24) is 5.32 Å². The van der Waals surface area contributed by atoms with Crippen LogP contribution < -0.4 is 5.32 Å². The maximum absolute atomic E-state index is 10.7. The monoisotopic (exact) mass is 241 g/mol. The van der Waals surface area contributed by atoms with Gasteiger partial charge in [0.05, 0.1) is 5.60 Å². The highest BCUT2D eigenvalue weighted by Gasteiger charge is 2.50. The predicted octanol–water partition coefficient (Wildman–Crippen LogP) is 2.02. The fourth-order valence-electron chi connectivity index (χ4n) is 4.25. The van der Waals surface area contributed by atoms with Crippen LogP contribution in [0.25, 0.3) is 0 Å². The van der Waals surface area contributed by atoms with Crippen LogP contribution >= 0.6 is 11.8 Å². The first-order valence-electron chi connectivity index (χ1n) is 6.73. The van der Waals surface area contributed by atoms with Gasteiger partial charge in [-0.3, -0.25) is 0 Å². The summed E-state index contributed by atoms with van der Waals surface area (Å²) < 4.78 is 0. The summed E-state index contributed by atoms with van der Waals surface area (Å²) in [6, 6.07) is 1.19. The molecular formula is C13H23NOS. The third kappa shape index (κ3) is 1.91. The first kappa shape index (κ1) is 11.4. The first-order chi connectivity index (χ1) is 7.67. The molecule has 2 nitrogen and oxygen atoms in total. The number of rotatable bonds is 1. The van der Waals surface area contributed by atoms with Crippen molar-refractivity contribution in [2.24, 2.45) is 11.8 Å². The smallest absolute Gasteiger partial charge is 0.0680 e. The van der Waals surface area contributed by atoms with Crippen LogP contribution in [0.4, 0.5) is 0 Å². The topological polar surface area (TPSA) is 32.3 Å². The zero-order valence-corrected chi connectivity index (χ0v) is 10.9. The van der Waals surface area contributed by atoms with Crippen molar-refractivity contribution in [3.05, 3.63) is 0 Å². The number of thioether (sulfide) groups is 1. The van der Waals surface area contributed by atoms with Gasteiger partial charge in [-0.1, -0.05) is 0 Å². The van der Waals surface area contributed by atoms with Crippen LogP contribution in [-0.2, 0) is 0 Å². The average Bonchev–Trinajstić information content (AvgIpc) is 2.62. The number of hydrogen-bond donors (Lipinski definition) is 2. The molecule has 0 aliphatic carbocycles. The van der Waals surface area contributed by atoms with Crippen LogP contribution in [0.2, 0.25) is 0 Å². The summed E-state index contributed by atoms with van der Waals surface area (Å²) in [5.74, 6) is 3.83. The molecule has 16 heavy (non-hydrogen) atoms. The molecule has 92 valence electrons. The van der Waals surface area contributed by atoms with E-state index in [4.69, 9.17) is 0 Å². The van der Waals surface area contributed by atoms with Gasteiger partial charge in [0.2, 0.25) is 0 Å². The molecule has 3 aliphatic heterocycles. The van der Waals surface area contributed by atoms with E-state index in [1.165, 1.54) is 37.2 Å². The molecule has 0 saturated carbocycles. The van der Waals surface area contributed by atoms with Crippen molar-refractivity contribution in [2.45, 2.75) is 56.7 Å². The second-order valence-electron chi connectivity index (χ2n) is 6.11. The van der Waals surface area contributed by atoms with Crippen LogP contribution in [-0.4, -0.2) is 34.3 Å². The normalized spacial score (nSPS) is 52.9. The molecule has 3 aliphatic rings. The first-order valence-corrected chi connectivity index (χ1v) is 7.88. The Balaban J connectivity index is 1.79. The molecule has 0 aromatic carbocycles. The lowest BCUT2D eigenvalue weighted by Gasteiger charge is -2.47. The van der Waals surface area contributed by atoms with E-state index in [0.717, 1.165) is 12.3 Å². The summed E-state index contributed by atoms with van der Waals surface area (Å²) in [6.45, 7) is 2.09. The molecule has 3 rings (SSSR count). The molecule has 0 aromatic rings. The Labute approximate surface area is 103 Å². The second-order valence-corrected chi connectivity index (χ2v) is 7.26. The minimum Gasteiger partial charge on any atom is -0.390 e. The molecule has 3 saturated heterocycles. The molecule has 0 amide bonds. The summed E-state index contributed by atoms with van der Waals surface area (Å²) in [5.41, 5.74) is -0.417. The van der Waals surface area contributed by atoms with Crippen molar-refractivity contribution in [3.63, 3.8) is 0 Å². The number of fused-ring (bicyclic) bond motifs is 2. The van der Waals surface area contributed by atoms with E-state index in [-0.39, 0.29) is 0 Å². The van der Waals surface area contributed by atoms with E-state index < -0.39 is 5.60 Å². The summed E-state index contributed by atoms with van der Waals surface area (Å²) >= 11 is 2.08. The molecule has 0 spiro atoms. The molecule has 5 atom stereocenters. The van der Waals surface area contributed by atoms with Crippen LogP contribution in [0, 0.1) is 11.8 Å². The third-order valence-corrected chi connectivity index (χ3v) is 6.03. The number of aliphatic hydroxyl groups is 1. The quantitative estimate of drug-likeness (QED) is 0.737. The van der Waals surface area contributed by atoms with Gasteiger partial charge < -0.3 is 10.4 Å². The molecule has 5 unspecified atom stereocenters. The molecule has 3 heteroatoms. The Morgan fingerprint density at radius 1 is 1.31 bits per heavy atom.